The average Bonchev–Trinajstić information content (AvgIpc) is 3.28. The Kier molecular flexibility index (Phi) is 7.99. The van der Waals surface area contributed by atoms with Gasteiger partial charge in [0.2, 0.25) is 0 Å². The number of fused-ring (bicyclic) bond motifs is 1. The van der Waals surface area contributed by atoms with Gasteiger partial charge in [-0.15, -0.1) is 0 Å². The van der Waals surface area contributed by atoms with Gasteiger partial charge in [0.15, 0.2) is 5.84 Å². The van der Waals surface area contributed by atoms with Gasteiger partial charge in [0, 0.05) is 11.4 Å². The van der Waals surface area contributed by atoms with Crippen molar-refractivity contribution in [3.05, 3.63) is 89.5 Å². The van der Waals surface area contributed by atoms with Crippen LogP contribution in [-0.4, -0.2) is 50.4 Å². The van der Waals surface area contributed by atoms with Crippen molar-refractivity contribution in [3.63, 3.8) is 0 Å². The van der Waals surface area contributed by atoms with Crippen molar-refractivity contribution < 1.29 is 13.9 Å². The maximum Gasteiger partial charge on any atom is 0.259 e. The number of pyridine rings is 1. The molecule has 2 aromatic heterocycles. The van der Waals surface area contributed by atoms with E-state index in [1.807, 2.05) is 44.2 Å². The van der Waals surface area contributed by atoms with Gasteiger partial charge < -0.3 is 15.0 Å². The first kappa shape index (κ1) is 25.6. The van der Waals surface area contributed by atoms with Crippen molar-refractivity contribution in [2.75, 3.05) is 11.9 Å². The zero-order valence-electron chi connectivity index (χ0n) is 20.6. The van der Waals surface area contributed by atoms with Crippen molar-refractivity contribution in [1.29, 1.82) is 10.8 Å². The van der Waals surface area contributed by atoms with E-state index < -0.39 is 11.7 Å². The summed E-state index contributed by atoms with van der Waals surface area (Å²) in [5, 5.41) is 23.4. The van der Waals surface area contributed by atoms with E-state index in [4.69, 9.17) is 15.6 Å². The van der Waals surface area contributed by atoms with E-state index in [-0.39, 0.29) is 29.0 Å². The van der Waals surface area contributed by atoms with E-state index in [1.165, 1.54) is 17.0 Å². The van der Waals surface area contributed by atoms with E-state index >= 15 is 0 Å². The zero-order chi connectivity index (χ0) is 26.4. The van der Waals surface area contributed by atoms with Crippen molar-refractivity contribution in [2.45, 2.75) is 33.0 Å². The lowest BCUT2D eigenvalue weighted by molar-refractivity contribution is 0.102. The van der Waals surface area contributed by atoms with Gasteiger partial charge in [-0.1, -0.05) is 36.4 Å². The highest BCUT2D eigenvalue weighted by molar-refractivity contribution is 6.06. The van der Waals surface area contributed by atoms with E-state index in [0.717, 1.165) is 11.9 Å². The number of carbonyl (C=O) groups excluding carboxylic acids is 1. The van der Waals surface area contributed by atoms with Crippen LogP contribution in [0, 0.1) is 16.6 Å². The number of amides is 1. The maximum atomic E-state index is 14.8. The molecule has 4 rings (SSSR count). The molecule has 2 heterocycles. The quantitative estimate of drug-likeness (QED) is 0.166. The first-order valence-electron chi connectivity index (χ1n) is 11.8. The first-order chi connectivity index (χ1) is 17.9. The maximum absolute atomic E-state index is 14.8. The first-order valence-corrected chi connectivity index (χ1v) is 11.8. The molecule has 0 radical (unpaired) electrons. The Hall–Kier alpha value is -4.44. The number of anilines is 1. The summed E-state index contributed by atoms with van der Waals surface area (Å²) in [7, 11) is 0. The van der Waals surface area contributed by atoms with Crippen LogP contribution in [0.15, 0.2) is 66.9 Å². The Labute approximate surface area is 213 Å². The number of hydrogen-bond donors (Lipinski definition) is 3. The van der Waals surface area contributed by atoms with Crippen LogP contribution in [0.4, 0.5) is 10.2 Å². The highest BCUT2D eigenvalue weighted by atomic mass is 19.1. The standard InChI is InChI=1S/C27H28FN7O2/c1-18(2)34(17-29)26(30)23-9-6-10-25(32-23)33-27(36)21-14-24-20(13-22(21)28)15-31-35(24)11-12-37-16-19-7-4-3-5-8-19/h3-10,13-15,17-18,29-30H,11-12,16H2,1-2H3,(H,32,33,36). The summed E-state index contributed by atoms with van der Waals surface area (Å²) >= 11 is 0. The number of nitrogens with zero attached hydrogens (tertiary/aromatic N) is 4. The summed E-state index contributed by atoms with van der Waals surface area (Å²) in [4.78, 5) is 18.7. The van der Waals surface area contributed by atoms with Crippen LogP contribution in [0.2, 0.25) is 0 Å². The molecule has 0 aliphatic rings. The molecule has 0 atom stereocenters. The van der Waals surface area contributed by atoms with Crippen LogP contribution in [0.1, 0.15) is 35.5 Å². The van der Waals surface area contributed by atoms with Crippen molar-refractivity contribution in [2.24, 2.45) is 0 Å². The highest BCUT2D eigenvalue weighted by Crippen LogP contribution is 2.21. The topological polar surface area (TPSA) is 120 Å². The molecule has 9 nitrogen and oxygen atoms in total. The molecule has 0 aliphatic heterocycles. The molecule has 37 heavy (non-hydrogen) atoms. The van der Waals surface area contributed by atoms with Crippen LogP contribution in [0.3, 0.4) is 0 Å². The summed E-state index contributed by atoms with van der Waals surface area (Å²) in [6.45, 7) is 5.01. The van der Waals surface area contributed by atoms with Gasteiger partial charge in [0.1, 0.15) is 17.3 Å². The molecule has 0 bridgehead atoms. The van der Waals surface area contributed by atoms with Crippen LogP contribution >= 0.6 is 0 Å². The Morgan fingerprint density at radius 1 is 1.19 bits per heavy atom. The van der Waals surface area contributed by atoms with Crippen molar-refractivity contribution in [3.8, 4) is 0 Å². The van der Waals surface area contributed by atoms with Gasteiger partial charge in [0.05, 0.1) is 43.4 Å². The fourth-order valence-corrected chi connectivity index (χ4v) is 3.79. The van der Waals surface area contributed by atoms with E-state index in [0.29, 0.717) is 30.7 Å². The Bertz CT molecular complexity index is 1420. The number of aromatic nitrogens is 3. The number of rotatable bonds is 10. The molecular weight excluding hydrogens is 473 g/mol. The second kappa shape index (κ2) is 11.5. The van der Waals surface area contributed by atoms with Crippen LogP contribution in [-0.2, 0) is 17.9 Å². The van der Waals surface area contributed by atoms with Gasteiger partial charge in [-0.3, -0.25) is 20.3 Å². The van der Waals surface area contributed by atoms with Crippen LogP contribution in [0.25, 0.3) is 10.9 Å². The molecule has 3 N–H and O–H groups in total. The fourth-order valence-electron chi connectivity index (χ4n) is 3.79. The van der Waals surface area contributed by atoms with Gasteiger partial charge in [-0.05, 0) is 43.7 Å². The summed E-state index contributed by atoms with van der Waals surface area (Å²) < 4.78 is 22.2. The minimum Gasteiger partial charge on any atom is -0.375 e. The number of amidine groups is 1. The molecule has 0 saturated heterocycles. The van der Waals surface area contributed by atoms with Crippen molar-refractivity contribution >= 4 is 34.8 Å². The van der Waals surface area contributed by atoms with Gasteiger partial charge in [-0.25, -0.2) is 9.37 Å². The second-order valence-electron chi connectivity index (χ2n) is 8.64. The number of halogens is 1. The molecule has 2 aromatic carbocycles. The van der Waals surface area contributed by atoms with Gasteiger partial charge >= 0.3 is 0 Å². The lowest BCUT2D eigenvalue weighted by atomic mass is 10.1. The SMILES string of the molecule is CC(C)N(C=N)C(=N)c1cccc(NC(=O)c2cc3c(cnn3CCOCc3ccccc3)cc2F)n1. The smallest absolute Gasteiger partial charge is 0.259 e. The number of nitrogens with one attached hydrogen (secondary N) is 3. The molecule has 4 aromatic rings. The minimum atomic E-state index is -0.677. The lowest BCUT2D eigenvalue weighted by Gasteiger charge is -2.23. The number of carbonyl (C=O) groups is 1. The van der Waals surface area contributed by atoms with Gasteiger partial charge in [0.25, 0.3) is 5.91 Å². The monoisotopic (exact) mass is 501 g/mol. The van der Waals surface area contributed by atoms with Gasteiger partial charge in [-0.2, -0.15) is 5.10 Å². The molecule has 0 spiro atoms. The number of ether oxygens (including phenoxy) is 1. The third-order valence-corrected chi connectivity index (χ3v) is 5.72. The summed E-state index contributed by atoms with van der Waals surface area (Å²) in [5.74, 6) is -1.16. The molecule has 0 fully saturated rings. The normalized spacial score (nSPS) is 11.0. The highest BCUT2D eigenvalue weighted by Gasteiger charge is 2.18. The minimum absolute atomic E-state index is 0.0204. The number of benzene rings is 2. The summed E-state index contributed by atoms with van der Waals surface area (Å²) in [6.07, 6.45) is 2.61. The third-order valence-electron chi connectivity index (χ3n) is 5.72. The average molecular weight is 502 g/mol. The summed E-state index contributed by atoms with van der Waals surface area (Å²) in [6, 6.07) is 17.3. The Morgan fingerprint density at radius 2 is 1.97 bits per heavy atom. The van der Waals surface area contributed by atoms with Crippen LogP contribution < -0.4 is 5.32 Å². The Balaban J connectivity index is 1.47. The fraction of sp³-hybridized carbons (Fsp3) is 0.222. The van der Waals surface area contributed by atoms with E-state index in [2.05, 4.69) is 15.4 Å². The molecule has 0 aliphatic carbocycles. The summed E-state index contributed by atoms with van der Waals surface area (Å²) in [5.41, 5.74) is 1.80. The largest absolute Gasteiger partial charge is 0.375 e. The van der Waals surface area contributed by atoms with Crippen LogP contribution in [0.5, 0.6) is 0 Å². The molecule has 0 unspecified atom stereocenters. The zero-order valence-corrected chi connectivity index (χ0v) is 20.6. The molecule has 0 saturated carbocycles. The lowest BCUT2D eigenvalue weighted by Crippen LogP contribution is -2.36. The molecular formula is C27H28FN7O2. The molecule has 10 heteroatoms. The molecule has 1 amide bonds. The molecule has 190 valence electrons. The second-order valence-corrected chi connectivity index (χ2v) is 8.64. The predicted octanol–water partition coefficient (Wildman–Crippen LogP) is 4.68. The third kappa shape index (κ3) is 6.04. The van der Waals surface area contributed by atoms with E-state index in [9.17, 15) is 9.18 Å². The van der Waals surface area contributed by atoms with Crippen molar-refractivity contribution in [1.82, 2.24) is 19.7 Å². The Morgan fingerprint density at radius 3 is 2.70 bits per heavy atom. The van der Waals surface area contributed by atoms with E-state index in [1.54, 1.807) is 29.1 Å². The number of hydrogen-bond acceptors (Lipinski definition) is 6. The predicted molar refractivity (Wildman–Crippen MR) is 141 cm³/mol.